The van der Waals surface area contributed by atoms with Gasteiger partial charge in [-0.15, -0.1) is 0 Å². The predicted octanol–water partition coefficient (Wildman–Crippen LogP) is 4.64. The monoisotopic (exact) mass is 485 g/mol. The fourth-order valence-corrected chi connectivity index (χ4v) is 4.75. The molecule has 1 aliphatic carbocycles. The van der Waals surface area contributed by atoms with E-state index in [-0.39, 0.29) is 17.6 Å². The third-order valence-electron chi connectivity index (χ3n) is 5.53. The van der Waals surface area contributed by atoms with E-state index in [1.54, 1.807) is 24.1 Å². The molecule has 2 aromatic rings. The van der Waals surface area contributed by atoms with E-state index in [4.69, 9.17) is 8.92 Å². The van der Waals surface area contributed by atoms with Gasteiger partial charge >= 0.3 is 16.3 Å². The zero-order valence-electron chi connectivity index (χ0n) is 18.2. The molecule has 0 spiro atoms. The Morgan fingerprint density at radius 1 is 1.09 bits per heavy atom. The molecule has 6 nitrogen and oxygen atoms in total. The van der Waals surface area contributed by atoms with Crippen molar-refractivity contribution in [2.45, 2.75) is 43.3 Å². The zero-order valence-corrected chi connectivity index (χ0v) is 19.0. The van der Waals surface area contributed by atoms with Gasteiger partial charge in [0.1, 0.15) is 10.6 Å². The highest BCUT2D eigenvalue weighted by molar-refractivity contribution is 7.87. The smallest absolute Gasteiger partial charge is 0.383 e. The van der Waals surface area contributed by atoms with Gasteiger partial charge in [-0.1, -0.05) is 31.0 Å². The van der Waals surface area contributed by atoms with Crippen LogP contribution in [0.5, 0.6) is 5.75 Å². The largest absolute Gasteiger partial charge is 0.416 e. The van der Waals surface area contributed by atoms with E-state index >= 15 is 0 Å². The van der Waals surface area contributed by atoms with Gasteiger partial charge in [-0.2, -0.15) is 21.6 Å². The summed E-state index contributed by atoms with van der Waals surface area (Å²) in [4.78, 5) is 14.0. The highest BCUT2D eigenvalue weighted by Gasteiger charge is 2.32. The molecule has 1 fully saturated rings. The molecule has 0 unspecified atom stereocenters. The second kappa shape index (κ2) is 10.6. The molecule has 0 heterocycles. The zero-order chi connectivity index (χ0) is 24.1. The van der Waals surface area contributed by atoms with Crippen molar-refractivity contribution in [3.63, 3.8) is 0 Å². The number of alkyl halides is 3. The van der Waals surface area contributed by atoms with E-state index in [9.17, 15) is 26.4 Å². The number of amides is 1. The van der Waals surface area contributed by atoms with Crippen LogP contribution < -0.4 is 4.18 Å². The Kier molecular flexibility index (Phi) is 8.01. The van der Waals surface area contributed by atoms with Gasteiger partial charge in [0, 0.05) is 26.1 Å². The molecule has 0 aromatic heterocycles. The van der Waals surface area contributed by atoms with E-state index in [0.717, 1.165) is 49.4 Å². The van der Waals surface area contributed by atoms with Crippen molar-refractivity contribution in [1.29, 1.82) is 0 Å². The third kappa shape index (κ3) is 6.70. The highest BCUT2D eigenvalue weighted by atomic mass is 32.2. The predicted molar refractivity (Wildman–Crippen MR) is 115 cm³/mol. The lowest BCUT2D eigenvalue weighted by atomic mass is 10.1. The molecule has 10 heteroatoms. The number of halogens is 3. The van der Waals surface area contributed by atoms with Gasteiger partial charge in [0.05, 0.1) is 12.2 Å². The fraction of sp³-hybridized carbons (Fsp3) is 0.435. The van der Waals surface area contributed by atoms with Crippen LogP contribution in [0.25, 0.3) is 0 Å². The first-order chi connectivity index (χ1) is 15.6. The van der Waals surface area contributed by atoms with Crippen LogP contribution in [0.1, 0.15) is 36.8 Å². The number of methoxy groups -OCH3 is 1. The number of benzene rings is 2. The fourth-order valence-electron chi connectivity index (χ4n) is 3.77. The van der Waals surface area contributed by atoms with E-state index in [2.05, 4.69) is 0 Å². The normalized spacial score (nSPS) is 14.9. The standard InChI is InChI=1S/C23H26F3NO5S/c1-31-14-13-27(22(28)18-5-2-3-6-18)16-17-9-11-20(12-10-17)32-33(29,30)21-8-4-7-19(15-21)23(24,25)26/h4,7-12,15,18H,2-3,5-6,13-14,16H2,1H3. The minimum Gasteiger partial charge on any atom is -0.383 e. The summed E-state index contributed by atoms with van der Waals surface area (Å²) >= 11 is 0. The van der Waals surface area contributed by atoms with Crippen molar-refractivity contribution in [2.75, 3.05) is 20.3 Å². The van der Waals surface area contributed by atoms with E-state index < -0.39 is 26.8 Å². The van der Waals surface area contributed by atoms with Crippen molar-refractivity contribution >= 4 is 16.0 Å². The van der Waals surface area contributed by atoms with Crippen LogP contribution in [0.2, 0.25) is 0 Å². The molecular weight excluding hydrogens is 459 g/mol. The molecule has 33 heavy (non-hydrogen) atoms. The summed E-state index contributed by atoms with van der Waals surface area (Å²) in [6.07, 6.45) is -0.829. The molecule has 2 aromatic carbocycles. The van der Waals surface area contributed by atoms with Crippen LogP contribution in [0, 0.1) is 5.92 Å². The van der Waals surface area contributed by atoms with Gasteiger partial charge in [-0.25, -0.2) is 0 Å². The van der Waals surface area contributed by atoms with Gasteiger partial charge < -0.3 is 13.8 Å². The van der Waals surface area contributed by atoms with Gasteiger partial charge in [-0.05, 0) is 48.7 Å². The summed E-state index contributed by atoms with van der Waals surface area (Å²) in [6, 6.07) is 9.45. The van der Waals surface area contributed by atoms with Gasteiger partial charge in [-0.3, -0.25) is 4.79 Å². The molecule has 180 valence electrons. The summed E-state index contributed by atoms with van der Waals surface area (Å²) in [5.41, 5.74) is -0.313. The van der Waals surface area contributed by atoms with E-state index in [1.165, 1.54) is 12.1 Å². The number of hydrogen-bond donors (Lipinski definition) is 0. The molecule has 0 bridgehead atoms. The molecule has 0 N–H and O–H groups in total. The van der Waals surface area contributed by atoms with Crippen LogP contribution in [0.15, 0.2) is 53.4 Å². The minimum atomic E-state index is -4.67. The van der Waals surface area contributed by atoms with Crippen molar-refractivity contribution in [1.82, 2.24) is 4.90 Å². The molecule has 1 saturated carbocycles. The quantitative estimate of drug-likeness (QED) is 0.484. The second-order valence-electron chi connectivity index (χ2n) is 7.94. The lowest BCUT2D eigenvalue weighted by molar-refractivity contribution is -0.138. The maximum atomic E-state index is 12.9. The lowest BCUT2D eigenvalue weighted by Gasteiger charge is -2.25. The maximum absolute atomic E-state index is 12.9. The Morgan fingerprint density at radius 2 is 1.76 bits per heavy atom. The number of ether oxygens (including phenoxy) is 1. The Labute approximate surface area is 191 Å². The Morgan fingerprint density at radius 3 is 2.36 bits per heavy atom. The minimum absolute atomic E-state index is 0.0158. The van der Waals surface area contributed by atoms with Crippen LogP contribution in [-0.2, 0) is 32.4 Å². The van der Waals surface area contributed by atoms with Gasteiger partial charge in [0.15, 0.2) is 0 Å². The Hall–Kier alpha value is -2.59. The van der Waals surface area contributed by atoms with Crippen LogP contribution >= 0.6 is 0 Å². The van der Waals surface area contributed by atoms with Crippen LogP contribution in [-0.4, -0.2) is 39.5 Å². The van der Waals surface area contributed by atoms with Crippen molar-refractivity contribution in [3.05, 3.63) is 59.7 Å². The van der Waals surface area contributed by atoms with Crippen molar-refractivity contribution in [3.8, 4) is 5.75 Å². The highest BCUT2D eigenvalue weighted by Crippen LogP contribution is 2.31. The van der Waals surface area contributed by atoms with Gasteiger partial charge in [0.2, 0.25) is 5.91 Å². The number of carbonyl (C=O) groups is 1. The average molecular weight is 486 g/mol. The molecule has 0 atom stereocenters. The first-order valence-corrected chi connectivity index (χ1v) is 12.0. The molecule has 1 amide bonds. The average Bonchev–Trinajstić information content (AvgIpc) is 3.31. The van der Waals surface area contributed by atoms with E-state index in [1.807, 2.05) is 0 Å². The first-order valence-electron chi connectivity index (χ1n) is 10.6. The molecule has 3 rings (SSSR count). The molecule has 0 aliphatic heterocycles. The van der Waals surface area contributed by atoms with Crippen LogP contribution in [0.3, 0.4) is 0 Å². The molecule has 0 saturated heterocycles. The molecular formula is C23H26F3NO5S. The van der Waals surface area contributed by atoms with Gasteiger partial charge in [0.25, 0.3) is 0 Å². The number of rotatable bonds is 9. The SMILES string of the molecule is COCCN(Cc1ccc(OS(=O)(=O)c2cccc(C(F)(F)F)c2)cc1)C(=O)C1CCCC1. The number of carbonyl (C=O) groups excluding carboxylic acids is 1. The van der Waals surface area contributed by atoms with E-state index in [0.29, 0.717) is 25.8 Å². The molecule has 1 aliphatic rings. The summed E-state index contributed by atoms with van der Waals surface area (Å²) in [6.45, 7) is 1.17. The second-order valence-corrected chi connectivity index (χ2v) is 9.49. The number of nitrogens with zero attached hydrogens (tertiary/aromatic N) is 1. The topological polar surface area (TPSA) is 72.9 Å². The van der Waals surface area contributed by atoms with Crippen molar-refractivity contribution in [2.24, 2.45) is 5.92 Å². The molecule has 0 radical (unpaired) electrons. The lowest BCUT2D eigenvalue weighted by Crippen LogP contribution is -2.37. The number of hydrogen-bond acceptors (Lipinski definition) is 5. The van der Waals surface area contributed by atoms with Crippen molar-refractivity contribution < 1.29 is 35.3 Å². The van der Waals surface area contributed by atoms with Crippen LogP contribution in [0.4, 0.5) is 13.2 Å². The summed E-state index contributed by atoms with van der Waals surface area (Å²) in [5.74, 6) is 0.0563. The maximum Gasteiger partial charge on any atom is 0.416 e. The summed E-state index contributed by atoms with van der Waals surface area (Å²) in [7, 11) is -2.88. The first kappa shape index (κ1) is 25.0. The Bertz CT molecular complexity index is 1050. The third-order valence-corrected chi connectivity index (χ3v) is 6.78. The summed E-state index contributed by atoms with van der Waals surface area (Å²) in [5, 5.41) is 0. The summed E-state index contributed by atoms with van der Waals surface area (Å²) < 4.78 is 73.7. The Balaban J connectivity index is 1.70.